The van der Waals surface area contributed by atoms with Gasteiger partial charge in [-0.15, -0.1) is 0 Å². The molecule has 1 heterocycles. The summed E-state index contributed by atoms with van der Waals surface area (Å²) in [4.78, 5) is 11.9. The summed E-state index contributed by atoms with van der Waals surface area (Å²) >= 11 is 0. The van der Waals surface area contributed by atoms with Gasteiger partial charge in [-0.1, -0.05) is 17.7 Å². The fraction of sp³-hybridized carbons (Fsp3) is 0.500. The van der Waals surface area contributed by atoms with Gasteiger partial charge in [0.1, 0.15) is 6.04 Å². The Hall–Kier alpha value is -1.44. The Balaban J connectivity index is 2.22. The smallest absolute Gasteiger partial charge is 0.326 e. The third-order valence-electron chi connectivity index (χ3n) is 3.41. The van der Waals surface area contributed by atoms with Gasteiger partial charge in [-0.05, 0) is 31.9 Å². The Morgan fingerprint density at radius 2 is 2.05 bits per heavy atom. The van der Waals surface area contributed by atoms with E-state index in [9.17, 15) is 13.2 Å². The number of ether oxygens (including phenoxy) is 2. The fourth-order valence-electron chi connectivity index (χ4n) is 2.22. The fourth-order valence-corrected chi connectivity index (χ4v) is 3.43. The van der Waals surface area contributed by atoms with E-state index in [-0.39, 0.29) is 4.90 Å². The molecule has 1 aliphatic heterocycles. The number of aryl methyl sites for hydroxylation is 1. The molecular formula is C14H19NO5S. The van der Waals surface area contributed by atoms with Gasteiger partial charge in [-0.25, -0.2) is 8.42 Å². The topological polar surface area (TPSA) is 81.7 Å². The second-order valence-electron chi connectivity index (χ2n) is 4.99. The predicted octanol–water partition coefficient (Wildman–Crippen LogP) is 0.994. The highest BCUT2D eigenvalue weighted by atomic mass is 32.2. The van der Waals surface area contributed by atoms with Crippen LogP contribution in [-0.4, -0.2) is 40.2 Å². The molecule has 0 aromatic heterocycles. The molecule has 2 rings (SSSR count). The first-order valence-corrected chi connectivity index (χ1v) is 8.21. The van der Waals surface area contributed by atoms with Crippen LogP contribution in [0.1, 0.15) is 18.4 Å². The van der Waals surface area contributed by atoms with E-state index in [2.05, 4.69) is 9.46 Å². The van der Waals surface area contributed by atoms with E-state index in [4.69, 9.17) is 4.74 Å². The summed E-state index contributed by atoms with van der Waals surface area (Å²) < 4.78 is 37.2. The van der Waals surface area contributed by atoms with E-state index in [0.717, 1.165) is 12.0 Å². The van der Waals surface area contributed by atoms with E-state index in [0.29, 0.717) is 13.0 Å². The van der Waals surface area contributed by atoms with Crippen molar-refractivity contribution < 1.29 is 22.7 Å². The van der Waals surface area contributed by atoms with Gasteiger partial charge in [0, 0.05) is 6.61 Å². The zero-order chi connectivity index (χ0) is 15.5. The van der Waals surface area contributed by atoms with Crippen LogP contribution >= 0.6 is 0 Å². The summed E-state index contributed by atoms with van der Waals surface area (Å²) in [5, 5.41) is 0. The average molecular weight is 313 g/mol. The highest BCUT2D eigenvalue weighted by molar-refractivity contribution is 7.89. The molecule has 1 aromatic carbocycles. The van der Waals surface area contributed by atoms with Crippen LogP contribution in [0.3, 0.4) is 0 Å². The molecule has 1 N–H and O–H groups in total. The quantitative estimate of drug-likeness (QED) is 0.820. The minimum Gasteiger partial charge on any atom is -0.468 e. The normalized spacial score (nSPS) is 20.2. The molecule has 1 unspecified atom stereocenters. The van der Waals surface area contributed by atoms with Crippen LogP contribution in [-0.2, 0) is 24.3 Å². The molecule has 1 fully saturated rings. The number of carbonyl (C=O) groups excluding carboxylic acids is 1. The molecule has 0 saturated carbocycles. The monoisotopic (exact) mass is 313 g/mol. The molecule has 0 amide bonds. The minimum absolute atomic E-state index is 0.111. The van der Waals surface area contributed by atoms with E-state index in [1.807, 2.05) is 6.92 Å². The number of sulfonamides is 1. The number of carbonyl (C=O) groups is 1. The largest absolute Gasteiger partial charge is 0.468 e. The van der Waals surface area contributed by atoms with E-state index >= 15 is 0 Å². The third-order valence-corrected chi connectivity index (χ3v) is 4.86. The molecule has 0 radical (unpaired) electrons. The SMILES string of the molecule is COC(=O)C(NS(=O)(=O)c1ccc(C)cc1)[C@@H]1CCCO1. The number of methoxy groups -OCH3 is 1. The minimum atomic E-state index is -3.80. The van der Waals surface area contributed by atoms with Crippen molar-refractivity contribution in [2.45, 2.75) is 36.8 Å². The second-order valence-corrected chi connectivity index (χ2v) is 6.70. The molecular weight excluding hydrogens is 294 g/mol. The molecule has 7 heteroatoms. The molecule has 1 saturated heterocycles. The number of hydrogen-bond acceptors (Lipinski definition) is 5. The zero-order valence-corrected chi connectivity index (χ0v) is 12.9. The second kappa shape index (κ2) is 6.55. The Bertz CT molecular complexity index is 590. The Morgan fingerprint density at radius 3 is 2.57 bits per heavy atom. The van der Waals surface area contributed by atoms with Crippen molar-refractivity contribution in [2.75, 3.05) is 13.7 Å². The van der Waals surface area contributed by atoms with Crippen LogP contribution in [0.4, 0.5) is 0 Å². The standard InChI is InChI=1S/C14H19NO5S/c1-10-5-7-11(8-6-10)21(17,18)15-13(14(16)19-2)12-4-3-9-20-12/h5-8,12-13,15H,3-4,9H2,1-2H3/t12-,13?/m0/s1. The summed E-state index contributed by atoms with van der Waals surface area (Å²) in [5.74, 6) is -0.641. The first-order chi connectivity index (χ1) is 9.94. The summed E-state index contributed by atoms with van der Waals surface area (Å²) in [6.45, 7) is 2.39. The van der Waals surface area contributed by atoms with Gasteiger partial charge in [0.2, 0.25) is 10.0 Å². The number of rotatable bonds is 5. The maximum absolute atomic E-state index is 12.4. The van der Waals surface area contributed by atoms with Crippen LogP contribution in [0.2, 0.25) is 0 Å². The summed E-state index contributed by atoms with van der Waals surface area (Å²) in [6, 6.07) is 5.38. The lowest BCUT2D eigenvalue weighted by Gasteiger charge is -2.21. The molecule has 1 aliphatic rings. The molecule has 21 heavy (non-hydrogen) atoms. The zero-order valence-electron chi connectivity index (χ0n) is 12.0. The van der Waals surface area contributed by atoms with Crippen LogP contribution in [0, 0.1) is 6.92 Å². The highest BCUT2D eigenvalue weighted by Gasteiger charge is 2.36. The van der Waals surface area contributed by atoms with Crippen molar-refractivity contribution in [2.24, 2.45) is 0 Å². The molecule has 6 nitrogen and oxygen atoms in total. The Labute approximate surface area is 124 Å². The van der Waals surface area contributed by atoms with Crippen LogP contribution in [0.5, 0.6) is 0 Å². The molecule has 0 spiro atoms. The molecule has 1 aromatic rings. The van der Waals surface area contributed by atoms with E-state index in [1.165, 1.54) is 19.2 Å². The first kappa shape index (κ1) is 15.9. The van der Waals surface area contributed by atoms with Gasteiger partial charge in [0.25, 0.3) is 0 Å². The van der Waals surface area contributed by atoms with Crippen molar-refractivity contribution >= 4 is 16.0 Å². The van der Waals surface area contributed by atoms with Crippen LogP contribution < -0.4 is 4.72 Å². The van der Waals surface area contributed by atoms with Crippen molar-refractivity contribution in [1.29, 1.82) is 0 Å². The summed E-state index contributed by atoms with van der Waals surface area (Å²) in [5.41, 5.74) is 0.956. The van der Waals surface area contributed by atoms with E-state index < -0.39 is 28.1 Å². The van der Waals surface area contributed by atoms with Crippen LogP contribution in [0.25, 0.3) is 0 Å². The van der Waals surface area contributed by atoms with Gasteiger partial charge in [0.05, 0.1) is 18.1 Å². The molecule has 116 valence electrons. The van der Waals surface area contributed by atoms with Crippen LogP contribution in [0.15, 0.2) is 29.2 Å². The Kier molecular flexibility index (Phi) is 4.97. The molecule has 0 bridgehead atoms. The number of hydrogen-bond donors (Lipinski definition) is 1. The van der Waals surface area contributed by atoms with Gasteiger partial charge < -0.3 is 9.47 Å². The lowest BCUT2D eigenvalue weighted by molar-refractivity contribution is -0.145. The number of nitrogens with one attached hydrogen (secondary N) is 1. The van der Waals surface area contributed by atoms with Crippen molar-refractivity contribution in [3.63, 3.8) is 0 Å². The summed E-state index contributed by atoms with van der Waals surface area (Å²) in [6.07, 6.45) is 0.929. The average Bonchev–Trinajstić information content (AvgIpc) is 2.98. The predicted molar refractivity (Wildman–Crippen MR) is 76.3 cm³/mol. The van der Waals surface area contributed by atoms with E-state index in [1.54, 1.807) is 12.1 Å². The van der Waals surface area contributed by atoms with Crippen molar-refractivity contribution in [3.8, 4) is 0 Å². The van der Waals surface area contributed by atoms with Crippen molar-refractivity contribution in [3.05, 3.63) is 29.8 Å². The number of esters is 1. The van der Waals surface area contributed by atoms with Crippen molar-refractivity contribution in [1.82, 2.24) is 4.72 Å². The highest BCUT2D eigenvalue weighted by Crippen LogP contribution is 2.19. The molecule has 2 atom stereocenters. The van der Waals surface area contributed by atoms with Gasteiger partial charge >= 0.3 is 5.97 Å². The third kappa shape index (κ3) is 3.81. The van der Waals surface area contributed by atoms with Gasteiger partial charge in [-0.2, -0.15) is 4.72 Å². The lowest BCUT2D eigenvalue weighted by atomic mass is 10.1. The maximum Gasteiger partial charge on any atom is 0.326 e. The molecule has 0 aliphatic carbocycles. The van der Waals surface area contributed by atoms with Gasteiger partial charge in [-0.3, -0.25) is 4.79 Å². The van der Waals surface area contributed by atoms with Gasteiger partial charge in [0.15, 0.2) is 0 Å². The summed E-state index contributed by atoms with van der Waals surface area (Å²) in [7, 11) is -2.57. The maximum atomic E-state index is 12.4. The Morgan fingerprint density at radius 1 is 1.38 bits per heavy atom. The number of benzene rings is 1. The lowest BCUT2D eigenvalue weighted by Crippen LogP contribution is -2.49. The first-order valence-electron chi connectivity index (χ1n) is 6.72.